The van der Waals surface area contributed by atoms with Gasteiger partial charge in [0.15, 0.2) is 0 Å². The lowest BCUT2D eigenvalue weighted by atomic mass is 10.1. The molecule has 8 heteroatoms. The molecule has 0 unspecified atom stereocenters. The fraction of sp³-hybridized carbons (Fsp3) is 0.240. The Bertz CT molecular complexity index is 1220. The molecule has 0 spiro atoms. The maximum absolute atomic E-state index is 13.5. The monoisotopic (exact) mass is 530 g/mol. The van der Waals surface area contributed by atoms with Crippen molar-refractivity contribution in [1.82, 2.24) is 0 Å². The number of benzene rings is 3. The Kier molecular flexibility index (Phi) is 7.81. The summed E-state index contributed by atoms with van der Waals surface area (Å²) in [4.78, 5) is 13.1. The summed E-state index contributed by atoms with van der Waals surface area (Å²) in [6.45, 7) is 7.81. The second-order valence-corrected chi connectivity index (χ2v) is 10.5. The van der Waals surface area contributed by atoms with E-state index in [2.05, 4.69) is 21.2 Å². The van der Waals surface area contributed by atoms with Gasteiger partial charge < -0.3 is 10.1 Å². The van der Waals surface area contributed by atoms with E-state index in [-0.39, 0.29) is 11.4 Å². The molecule has 0 aliphatic carbocycles. The summed E-state index contributed by atoms with van der Waals surface area (Å²) in [6.07, 6.45) is 0. The number of amides is 1. The molecule has 0 aliphatic rings. The lowest BCUT2D eigenvalue weighted by Crippen LogP contribution is -2.38. The summed E-state index contributed by atoms with van der Waals surface area (Å²) >= 11 is 3.33. The number of hydrogen-bond acceptors (Lipinski definition) is 4. The first-order valence-electron chi connectivity index (χ1n) is 10.5. The van der Waals surface area contributed by atoms with Gasteiger partial charge in [0, 0.05) is 10.2 Å². The van der Waals surface area contributed by atoms with Crippen molar-refractivity contribution in [1.29, 1.82) is 0 Å². The highest BCUT2D eigenvalue weighted by Crippen LogP contribution is 2.27. The lowest BCUT2D eigenvalue weighted by Gasteiger charge is -2.25. The second kappa shape index (κ2) is 10.4. The van der Waals surface area contributed by atoms with E-state index in [1.807, 2.05) is 39.8 Å². The van der Waals surface area contributed by atoms with Crippen LogP contribution in [0.4, 0.5) is 11.4 Å². The molecule has 33 heavy (non-hydrogen) atoms. The van der Waals surface area contributed by atoms with Crippen LogP contribution in [-0.4, -0.2) is 27.5 Å². The number of hydrogen-bond donors (Lipinski definition) is 1. The van der Waals surface area contributed by atoms with Gasteiger partial charge in [0.2, 0.25) is 5.91 Å². The highest BCUT2D eigenvalue weighted by Gasteiger charge is 2.27. The highest BCUT2D eigenvalue weighted by atomic mass is 79.9. The molecule has 1 N–H and O–H groups in total. The Hall–Kier alpha value is -2.84. The van der Waals surface area contributed by atoms with Crippen molar-refractivity contribution in [3.8, 4) is 5.75 Å². The number of halogens is 1. The lowest BCUT2D eigenvalue weighted by molar-refractivity contribution is -0.114. The summed E-state index contributed by atoms with van der Waals surface area (Å²) in [5, 5.41) is 2.89. The van der Waals surface area contributed by atoms with Crippen molar-refractivity contribution >= 4 is 43.2 Å². The van der Waals surface area contributed by atoms with Crippen molar-refractivity contribution in [3.05, 3.63) is 81.8 Å². The van der Waals surface area contributed by atoms with Gasteiger partial charge in [-0.25, -0.2) is 8.42 Å². The third-order valence-electron chi connectivity index (χ3n) is 5.07. The number of aryl methyl sites for hydroxylation is 3. The van der Waals surface area contributed by atoms with Gasteiger partial charge in [0.1, 0.15) is 12.3 Å². The van der Waals surface area contributed by atoms with E-state index < -0.39 is 15.9 Å². The molecule has 0 saturated heterocycles. The zero-order chi connectivity index (χ0) is 24.2. The molecule has 3 aromatic carbocycles. The summed E-state index contributed by atoms with van der Waals surface area (Å²) in [7, 11) is -4.00. The fourth-order valence-corrected chi connectivity index (χ4v) is 5.30. The molecule has 3 aromatic rings. The van der Waals surface area contributed by atoms with Crippen molar-refractivity contribution in [2.75, 3.05) is 22.8 Å². The van der Waals surface area contributed by atoms with Crippen LogP contribution in [0.1, 0.15) is 23.6 Å². The van der Waals surface area contributed by atoms with Crippen LogP contribution in [0.2, 0.25) is 0 Å². The zero-order valence-electron chi connectivity index (χ0n) is 19.1. The average Bonchev–Trinajstić information content (AvgIpc) is 2.76. The average molecular weight is 531 g/mol. The number of rotatable bonds is 8. The Balaban J connectivity index is 1.96. The molecule has 0 radical (unpaired) electrons. The van der Waals surface area contributed by atoms with Crippen molar-refractivity contribution < 1.29 is 17.9 Å². The van der Waals surface area contributed by atoms with Gasteiger partial charge >= 0.3 is 0 Å². The van der Waals surface area contributed by atoms with Crippen LogP contribution >= 0.6 is 15.9 Å². The molecule has 0 bridgehead atoms. The minimum absolute atomic E-state index is 0.0927. The largest absolute Gasteiger partial charge is 0.494 e. The quantitative estimate of drug-likeness (QED) is 0.410. The van der Waals surface area contributed by atoms with Crippen LogP contribution < -0.4 is 14.4 Å². The first kappa shape index (κ1) is 24.8. The number of nitrogens with one attached hydrogen (secondary N) is 1. The Morgan fingerprint density at radius 1 is 0.970 bits per heavy atom. The predicted octanol–water partition coefficient (Wildman–Crippen LogP) is 5.61. The maximum Gasteiger partial charge on any atom is 0.264 e. The van der Waals surface area contributed by atoms with Gasteiger partial charge in [0.05, 0.1) is 17.2 Å². The van der Waals surface area contributed by atoms with E-state index in [0.29, 0.717) is 23.7 Å². The molecule has 0 atom stereocenters. The number of carbonyl (C=O) groups is 1. The van der Waals surface area contributed by atoms with Crippen LogP contribution in [0.15, 0.2) is 70.0 Å². The normalized spacial score (nSPS) is 11.2. The smallest absolute Gasteiger partial charge is 0.264 e. The predicted molar refractivity (Wildman–Crippen MR) is 136 cm³/mol. The van der Waals surface area contributed by atoms with Gasteiger partial charge in [-0.1, -0.05) is 33.6 Å². The molecular formula is C25H27BrN2O4S. The van der Waals surface area contributed by atoms with Crippen LogP contribution in [0, 0.1) is 20.8 Å². The Morgan fingerprint density at radius 2 is 1.55 bits per heavy atom. The Morgan fingerprint density at radius 3 is 2.09 bits per heavy atom. The van der Waals surface area contributed by atoms with E-state index in [1.54, 1.807) is 36.4 Å². The summed E-state index contributed by atoms with van der Waals surface area (Å²) in [5.74, 6) is 0.192. The van der Waals surface area contributed by atoms with Crippen molar-refractivity contribution in [3.63, 3.8) is 0 Å². The molecule has 6 nitrogen and oxygen atoms in total. The third-order valence-corrected chi connectivity index (χ3v) is 7.38. The van der Waals surface area contributed by atoms with Gasteiger partial charge in [0.25, 0.3) is 10.0 Å². The Labute approximate surface area is 203 Å². The van der Waals surface area contributed by atoms with Crippen molar-refractivity contribution in [2.24, 2.45) is 0 Å². The number of anilines is 2. The zero-order valence-corrected chi connectivity index (χ0v) is 21.5. The number of nitrogens with zero attached hydrogens (tertiary/aromatic N) is 1. The molecule has 0 saturated carbocycles. The van der Waals surface area contributed by atoms with E-state index in [9.17, 15) is 13.2 Å². The van der Waals surface area contributed by atoms with Gasteiger partial charge in [-0.2, -0.15) is 0 Å². The summed E-state index contributed by atoms with van der Waals surface area (Å²) < 4.78 is 34.4. The maximum atomic E-state index is 13.5. The van der Waals surface area contributed by atoms with E-state index in [1.165, 1.54) is 12.1 Å². The van der Waals surface area contributed by atoms with Gasteiger partial charge in [-0.15, -0.1) is 0 Å². The van der Waals surface area contributed by atoms with Crippen LogP contribution in [0.3, 0.4) is 0 Å². The number of carbonyl (C=O) groups excluding carboxylic acids is 1. The second-order valence-electron chi connectivity index (χ2n) is 7.71. The van der Waals surface area contributed by atoms with E-state index in [4.69, 9.17) is 4.74 Å². The number of ether oxygens (including phenoxy) is 1. The van der Waals surface area contributed by atoms with Crippen molar-refractivity contribution in [2.45, 2.75) is 32.6 Å². The van der Waals surface area contributed by atoms with Crippen LogP contribution in [0.5, 0.6) is 5.75 Å². The summed E-state index contributed by atoms with van der Waals surface area (Å²) in [6, 6.07) is 16.9. The SMILES string of the molecule is CCOc1ccc(N(CC(=O)Nc2c(C)cc(C)cc2C)S(=O)(=O)c2ccc(Br)cc2)cc1. The van der Waals surface area contributed by atoms with E-state index >= 15 is 0 Å². The molecule has 1 amide bonds. The fourth-order valence-electron chi connectivity index (χ4n) is 3.61. The molecule has 0 fully saturated rings. The molecule has 0 heterocycles. The first-order valence-corrected chi connectivity index (χ1v) is 12.7. The first-order chi connectivity index (χ1) is 15.6. The standard InChI is InChI=1S/C25H27BrN2O4S/c1-5-32-22-10-8-21(9-11-22)28(33(30,31)23-12-6-20(26)7-13-23)16-24(29)27-25-18(3)14-17(2)15-19(25)4/h6-15H,5,16H2,1-4H3,(H,27,29). The molecule has 174 valence electrons. The number of sulfonamides is 1. The van der Waals surface area contributed by atoms with Gasteiger partial charge in [-0.3, -0.25) is 9.10 Å². The van der Waals surface area contributed by atoms with Crippen LogP contribution in [0.25, 0.3) is 0 Å². The molecule has 3 rings (SSSR count). The topological polar surface area (TPSA) is 75.7 Å². The molecule has 0 aliphatic heterocycles. The minimum Gasteiger partial charge on any atom is -0.494 e. The minimum atomic E-state index is -4.00. The van der Waals surface area contributed by atoms with E-state index in [0.717, 1.165) is 25.5 Å². The third kappa shape index (κ3) is 5.94. The van der Waals surface area contributed by atoms with Crippen LogP contribution in [-0.2, 0) is 14.8 Å². The highest BCUT2D eigenvalue weighted by molar-refractivity contribution is 9.10. The summed E-state index contributed by atoms with van der Waals surface area (Å²) in [5.41, 5.74) is 4.00. The molecule has 0 aromatic heterocycles. The molecular weight excluding hydrogens is 504 g/mol. The van der Waals surface area contributed by atoms with Gasteiger partial charge in [-0.05, 0) is 87.4 Å².